The first-order chi connectivity index (χ1) is 12.8. The Morgan fingerprint density at radius 3 is 2.59 bits per heavy atom. The number of ether oxygens (including phenoxy) is 2. The van der Waals surface area contributed by atoms with Crippen molar-refractivity contribution < 1.29 is 31.8 Å². The highest BCUT2D eigenvalue weighted by Crippen LogP contribution is 2.33. The second-order valence-electron chi connectivity index (χ2n) is 5.52. The zero-order chi connectivity index (χ0) is 20.0. The molecule has 0 saturated carbocycles. The van der Waals surface area contributed by atoms with Crippen molar-refractivity contribution in [2.45, 2.75) is 13.2 Å². The summed E-state index contributed by atoms with van der Waals surface area (Å²) in [6.07, 6.45) is 2.43. The predicted octanol–water partition coefficient (Wildman–Crippen LogP) is 4.25. The number of nitrogens with zero attached hydrogens (tertiary/aromatic N) is 1. The van der Waals surface area contributed by atoms with Crippen molar-refractivity contribution in [3.05, 3.63) is 65.2 Å². The first-order valence-corrected chi connectivity index (χ1v) is 7.80. The highest BCUT2D eigenvalue weighted by Gasteiger charge is 2.15. The Bertz CT molecular complexity index is 840. The molecule has 0 aliphatic carbocycles. The van der Waals surface area contributed by atoms with Gasteiger partial charge in [0, 0.05) is 36.9 Å². The molecule has 0 spiro atoms. The van der Waals surface area contributed by atoms with Gasteiger partial charge in [0.15, 0.2) is 11.5 Å². The average Bonchev–Trinajstić information content (AvgIpc) is 2.62. The number of likely N-dealkylation sites (N-methyl/N-ethyl adjacent to an activating group) is 1. The number of carbonyl (C=O) groups is 1. The fourth-order valence-corrected chi connectivity index (χ4v) is 2.31. The molecule has 8 heteroatoms. The van der Waals surface area contributed by atoms with E-state index >= 15 is 0 Å². The monoisotopic (exact) mass is 383 g/mol. The van der Waals surface area contributed by atoms with Crippen LogP contribution in [0.3, 0.4) is 0 Å². The molecule has 0 atom stereocenters. The van der Waals surface area contributed by atoms with Gasteiger partial charge in [-0.25, -0.2) is 8.78 Å². The van der Waals surface area contributed by atoms with Crippen molar-refractivity contribution in [2.75, 3.05) is 14.2 Å². The Morgan fingerprint density at radius 2 is 1.96 bits per heavy atom. The number of hydrogen-bond donors (Lipinski definition) is 0. The number of amides is 1. The number of alkyl halides is 2. The van der Waals surface area contributed by atoms with Crippen molar-refractivity contribution in [3.8, 4) is 11.5 Å². The molecular weight excluding hydrogens is 366 g/mol. The summed E-state index contributed by atoms with van der Waals surface area (Å²) in [7, 11) is 2.73. The standard InChI is InChI=1S/C19H17F4NO3/c1-24(11-13-6-8-14(20)10-15(13)21)17(25)9-7-12-4-3-5-16(26-2)18(12)27-19(22)23/h3-10,19H,11H2,1-2H3/b9-7-. The average molecular weight is 383 g/mol. The van der Waals surface area contributed by atoms with Crippen LogP contribution in [0.15, 0.2) is 42.5 Å². The SMILES string of the molecule is COc1cccc(/C=C\C(=O)N(C)Cc2ccc(F)cc2F)c1OC(F)F. The van der Waals surface area contributed by atoms with E-state index in [0.29, 0.717) is 0 Å². The Kier molecular flexibility index (Phi) is 6.81. The third-order valence-corrected chi connectivity index (χ3v) is 3.64. The van der Waals surface area contributed by atoms with Crippen molar-refractivity contribution in [3.63, 3.8) is 0 Å². The number of halogens is 4. The Morgan fingerprint density at radius 1 is 1.22 bits per heavy atom. The molecule has 2 aromatic carbocycles. The molecule has 144 valence electrons. The van der Waals surface area contributed by atoms with Crippen LogP contribution in [-0.4, -0.2) is 31.6 Å². The molecule has 4 nitrogen and oxygen atoms in total. The Hall–Kier alpha value is -3.03. The molecule has 1 amide bonds. The normalized spacial score (nSPS) is 11.1. The molecule has 2 aromatic rings. The molecule has 27 heavy (non-hydrogen) atoms. The van der Waals surface area contributed by atoms with E-state index in [4.69, 9.17) is 4.74 Å². The van der Waals surface area contributed by atoms with Gasteiger partial charge in [0.1, 0.15) is 11.6 Å². The lowest BCUT2D eigenvalue weighted by Crippen LogP contribution is -2.24. The fourth-order valence-electron chi connectivity index (χ4n) is 2.31. The quantitative estimate of drug-likeness (QED) is 0.530. The molecule has 0 aromatic heterocycles. The lowest BCUT2D eigenvalue weighted by Gasteiger charge is -2.16. The fraction of sp³-hybridized carbons (Fsp3) is 0.211. The van der Waals surface area contributed by atoms with Crippen LogP contribution in [0.4, 0.5) is 17.6 Å². The summed E-state index contributed by atoms with van der Waals surface area (Å²) >= 11 is 0. The third kappa shape index (κ3) is 5.47. The summed E-state index contributed by atoms with van der Waals surface area (Å²) in [5.41, 5.74) is 0.355. The van der Waals surface area contributed by atoms with E-state index in [1.165, 1.54) is 43.3 Å². The zero-order valence-corrected chi connectivity index (χ0v) is 14.6. The van der Waals surface area contributed by atoms with Crippen LogP contribution in [0.2, 0.25) is 0 Å². The summed E-state index contributed by atoms with van der Waals surface area (Å²) in [4.78, 5) is 13.4. The number of para-hydroxylation sites is 1. The summed E-state index contributed by atoms with van der Waals surface area (Å²) in [6.45, 7) is -3.15. The van der Waals surface area contributed by atoms with Crippen LogP contribution in [0.25, 0.3) is 6.08 Å². The first-order valence-electron chi connectivity index (χ1n) is 7.80. The van der Waals surface area contributed by atoms with Crippen LogP contribution in [0.1, 0.15) is 11.1 Å². The largest absolute Gasteiger partial charge is 0.493 e. The van der Waals surface area contributed by atoms with Crippen LogP contribution in [-0.2, 0) is 11.3 Å². The van der Waals surface area contributed by atoms with Gasteiger partial charge in [-0.2, -0.15) is 8.78 Å². The predicted molar refractivity (Wildman–Crippen MR) is 91.5 cm³/mol. The minimum Gasteiger partial charge on any atom is -0.493 e. The lowest BCUT2D eigenvalue weighted by molar-refractivity contribution is -0.125. The van der Waals surface area contributed by atoms with E-state index in [9.17, 15) is 22.4 Å². The van der Waals surface area contributed by atoms with Gasteiger partial charge in [-0.15, -0.1) is 0 Å². The first kappa shape index (κ1) is 20.3. The Labute approximate surface area is 153 Å². The number of rotatable bonds is 7. The number of methoxy groups -OCH3 is 1. The van der Waals surface area contributed by atoms with Crippen molar-refractivity contribution in [1.82, 2.24) is 4.90 Å². The summed E-state index contributed by atoms with van der Waals surface area (Å²) in [5, 5.41) is 0. The van der Waals surface area contributed by atoms with E-state index < -0.39 is 24.2 Å². The second-order valence-corrected chi connectivity index (χ2v) is 5.52. The van der Waals surface area contributed by atoms with Crippen molar-refractivity contribution in [2.24, 2.45) is 0 Å². The van der Waals surface area contributed by atoms with Crippen molar-refractivity contribution in [1.29, 1.82) is 0 Å². The highest BCUT2D eigenvalue weighted by atomic mass is 19.3. The van der Waals surface area contributed by atoms with Gasteiger partial charge in [-0.1, -0.05) is 18.2 Å². The molecular formula is C19H17F4NO3. The highest BCUT2D eigenvalue weighted by molar-refractivity contribution is 5.92. The topological polar surface area (TPSA) is 38.8 Å². The summed E-state index contributed by atoms with van der Waals surface area (Å²) in [5.74, 6) is -2.10. The molecule has 0 unspecified atom stereocenters. The number of carbonyl (C=O) groups excluding carboxylic acids is 1. The molecule has 0 saturated heterocycles. The van der Waals surface area contributed by atoms with E-state index in [-0.39, 0.29) is 29.2 Å². The van der Waals surface area contributed by atoms with Crippen LogP contribution >= 0.6 is 0 Å². The summed E-state index contributed by atoms with van der Waals surface area (Å²) in [6, 6.07) is 7.54. The maximum absolute atomic E-state index is 13.7. The van der Waals surface area contributed by atoms with Gasteiger partial charge < -0.3 is 14.4 Å². The van der Waals surface area contributed by atoms with Crippen molar-refractivity contribution >= 4 is 12.0 Å². The number of benzene rings is 2. The molecule has 0 heterocycles. The maximum Gasteiger partial charge on any atom is 0.387 e. The second kappa shape index (κ2) is 9.07. The third-order valence-electron chi connectivity index (χ3n) is 3.64. The Balaban J connectivity index is 2.16. The maximum atomic E-state index is 13.7. The smallest absolute Gasteiger partial charge is 0.387 e. The van der Waals surface area contributed by atoms with Gasteiger partial charge >= 0.3 is 6.61 Å². The van der Waals surface area contributed by atoms with Gasteiger partial charge in [0.25, 0.3) is 0 Å². The van der Waals surface area contributed by atoms with Gasteiger partial charge in [0.05, 0.1) is 7.11 Å². The number of hydrogen-bond acceptors (Lipinski definition) is 3. The summed E-state index contributed by atoms with van der Waals surface area (Å²) < 4.78 is 61.3. The van der Waals surface area contributed by atoms with Crippen LogP contribution < -0.4 is 9.47 Å². The van der Waals surface area contributed by atoms with E-state index in [2.05, 4.69) is 4.74 Å². The lowest BCUT2D eigenvalue weighted by atomic mass is 10.1. The van der Waals surface area contributed by atoms with E-state index in [1.807, 2.05) is 0 Å². The zero-order valence-electron chi connectivity index (χ0n) is 14.6. The minimum absolute atomic E-state index is 0.0895. The van der Waals surface area contributed by atoms with Gasteiger partial charge in [-0.05, 0) is 18.2 Å². The van der Waals surface area contributed by atoms with E-state index in [1.54, 1.807) is 6.07 Å². The molecule has 0 N–H and O–H groups in total. The minimum atomic E-state index is -3.06. The molecule has 0 bridgehead atoms. The molecule has 2 rings (SSSR count). The van der Waals surface area contributed by atoms with Gasteiger partial charge in [0.2, 0.25) is 5.91 Å². The van der Waals surface area contributed by atoms with Crippen LogP contribution in [0, 0.1) is 11.6 Å². The molecule has 0 radical (unpaired) electrons. The molecule has 0 aliphatic heterocycles. The van der Waals surface area contributed by atoms with Gasteiger partial charge in [-0.3, -0.25) is 4.79 Å². The molecule has 0 aliphatic rings. The molecule has 0 fully saturated rings. The van der Waals surface area contributed by atoms with E-state index in [0.717, 1.165) is 18.2 Å². The van der Waals surface area contributed by atoms with Crippen LogP contribution in [0.5, 0.6) is 11.5 Å².